The molecule has 23 heavy (non-hydrogen) atoms. The molecular formula is C17H31N3O3. The predicted molar refractivity (Wildman–Crippen MR) is 89.4 cm³/mol. The fourth-order valence-corrected chi connectivity index (χ4v) is 3.13. The molecule has 1 aliphatic carbocycles. The van der Waals surface area contributed by atoms with Gasteiger partial charge in [0.2, 0.25) is 12.3 Å². The Bertz CT molecular complexity index is 406. The molecule has 0 bridgehead atoms. The van der Waals surface area contributed by atoms with Gasteiger partial charge in [0.05, 0.1) is 12.5 Å². The van der Waals surface area contributed by atoms with Gasteiger partial charge in [-0.15, -0.1) is 0 Å². The largest absolute Gasteiger partial charge is 0.348 e. The third-order valence-corrected chi connectivity index (χ3v) is 4.42. The van der Waals surface area contributed by atoms with E-state index in [1.807, 2.05) is 13.8 Å². The van der Waals surface area contributed by atoms with E-state index < -0.39 is 0 Å². The number of carbonyl (C=O) groups excluding carboxylic acids is 3. The summed E-state index contributed by atoms with van der Waals surface area (Å²) in [6.45, 7) is 6.00. The standard InChI is InChI=1S/C17H31N3O3/c1-13(2)20(10-14(3)22)18-17(23)16(11-19(4)12-21)9-15-7-5-6-8-15/h12-13,15-16H,5-11H2,1-4H3,(H,18,23)/t16-/m1/s1. The average Bonchev–Trinajstić information content (AvgIpc) is 2.97. The SMILES string of the molecule is CC(=O)CN(NC(=O)[C@H](CC1CCCC1)CN(C)C=O)C(C)C. The molecule has 0 aromatic rings. The lowest BCUT2D eigenvalue weighted by molar-refractivity contribution is -0.133. The Hall–Kier alpha value is -1.43. The Morgan fingerprint density at radius 2 is 1.87 bits per heavy atom. The highest BCUT2D eigenvalue weighted by Gasteiger charge is 2.28. The monoisotopic (exact) mass is 325 g/mol. The summed E-state index contributed by atoms with van der Waals surface area (Å²) in [5.74, 6) is 0.240. The fraction of sp³-hybridized carbons (Fsp3) is 0.824. The van der Waals surface area contributed by atoms with Crippen molar-refractivity contribution in [1.29, 1.82) is 0 Å². The van der Waals surface area contributed by atoms with E-state index in [-0.39, 0.29) is 30.2 Å². The van der Waals surface area contributed by atoms with Gasteiger partial charge in [-0.2, -0.15) is 0 Å². The number of ketones is 1. The van der Waals surface area contributed by atoms with Gasteiger partial charge in [-0.1, -0.05) is 25.7 Å². The van der Waals surface area contributed by atoms with Crippen molar-refractivity contribution in [2.24, 2.45) is 11.8 Å². The molecule has 0 unspecified atom stereocenters. The van der Waals surface area contributed by atoms with Crippen molar-refractivity contribution in [2.75, 3.05) is 20.1 Å². The van der Waals surface area contributed by atoms with Gasteiger partial charge in [-0.05, 0) is 33.1 Å². The molecule has 0 saturated heterocycles. The lowest BCUT2D eigenvalue weighted by Gasteiger charge is -2.30. The van der Waals surface area contributed by atoms with Crippen LogP contribution in [0.1, 0.15) is 52.9 Å². The van der Waals surface area contributed by atoms with Crippen LogP contribution in [0.25, 0.3) is 0 Å². The van der Waals surface area contributed by atoms with E-state index in [1.165, 1.54) is 24.7 Å². The van der Waals surface area contributed by atoms with Crippen LogP contribution in [0.4, 0.5) is 0 Å². The molecule has 1 saturated carbocycles. The van der Waals surface area contributed by atoms with Crippen molar-refractivity contribution in [1.82, 2.24) is 15.3 Å². The zero-order chi connectivity index (χ0) is 17.4. The number of carbonyl (C=O) groups is 3. The third-order valence-electron chi connectivity index (χ3n) is 4.42. The number of nitrogens with one attached hydrogen (secondary N) is 1. The van der Waals surface area contributed by atoms with E-state index in [9.17, 15) is 14.4 Å². The molecule has 1 rings (SSSR count). The molecule has 0 aromatic heterocycles. The molecule has 1 aliphatic rings. The summed E-state index contributed by atoms with van der Waals surface area (Å²) in [6, 6.07) is 0.0405. The summed E-state index contributed by atoms with van der Waals surface area (Å²) in [6.07, 6.45) is 6.34. The number of rotatable bonds is 10. The van der Waals surface area contributed by atoms with Gasteiger partial charge in [0.25, 0.3) is 0 Å². The summed E-state index contributed by atoms with van der Waals surface area (Å²) in [4.78, 5) is 36.5. The topological polar surface area (TPSA) is 69.7 Å². The number of hydrogen-bond acceptors (Lipinski definition) is 4. The molecule has 132 valence electrons. The lowest BCUT2D eigenvalue weighted by atomic mass is 9.92. The van der Waals surface area contributed by atoms with Gasteiger partial charge in [0.15, 0.2) is 0 Å². The summed E-state index contributed by atoms with van der Waals surface area (Å²) < 4.78 is 0. The first-order valence-corrected chi connectivity index (χ1v) is 8.55. The second-order valence-corrected chi connectivity index (χ2v) is 7.03. The van der Waals surface area contributed by atoms with Crippen LogP contribution in [-0.2, 0) is 14.4 Å². The quantitative estimate of drug-likeness (QED) is 0.489. The van der Waals surface area contributed by atoms with Gasteiger partial charge in [-0.25, -0.2) is 5.01 Å². The van der Waals surface area contributed by atoms with Crippen molar-refractivity contribution in [3.05, 3.63) is 0 Å². The minimum absolute atomic E-state index is 0.0105. The highest BCUT2D eigenvalue weighted by atomic mass is 16.2. The van der Waals surface area contributed by atoms with E-state index in [1.54, 1.807) is 12.1 Å². The molecule has 1 atom stereocenters. The highest BCUT2D eigenvalue weighted by Crippen LogP contribution is 2.30. The Balaban J connectivity index is 2.70. The van der Waals surface area contributed by atoms with Crippen LogP contribution in [0, 0.1) is 11.8 Å². The predicted octanol–water partition coefficient (Wildman–Crippen LogP) is 1.60. The first-order valence-electron chi connectivity index (χ1n) is 8.55. The van der Waals surface area contributed by atoms with E-state index in [0.717, 1.165) is 25.7 Å². The van der Waals surface area contributed by atoms with E-state index >= 15 is 0 Å². The van der Waals surface area contributed by atoms with E-state index in [0.29, 0.717) is 12.5 Å². The number of hydrazine groups is 1. The first-order chi connectivity index (χ1) is 10.8. The first kappa shape index (κ1) is 19.6. The van der Waals surface area contributed by atoms with E-state index in [4.69, 9.17) is 0 Å². The Morgan fingerprint density at radius 1 is 1.26 bits per heavy atom. The summed E-state index contributed by atoms with van der Waals surface area (Å²) >= 11 is 0. The number of nitrogens with zero attached hydrogens (tertiary/aromatic N) is 2. The fourth-order valence-electron chi connectivity index (χ4n) is 3.13. The van der Waals surface area contributed by atoms with Crippen molar-refractivity contribution >= 4 is 18.1 Å². The lowest BCUT2D eigenvalue weighted by Crippen LogP contribution is -2.51. The van der Waals surface area contributed by atoms with Crippen molar-refractivity contribution in [3.63, 3.8) is 0 Å². The van der Waals surface area contributed by atoms with Crippen molar-refractivity contribution in [3.8, 4) is 0 Å². The maximum absolute atomic E-state index is 12.7. The second-order valence-electron chi connectivity index (χ2n) is 7.03. The van der Waals surface area contributed by atoms with E-state index in [2.05, 4.69) is 5.43 Å². The minimum atomic E-state index is -0.235. The molecule has 0 radical (unpaired) electrons. The summed E-state index contributed by atoms with van der Waals surface area (Å²) in [7, 11) is 1.69. The maximum atomic E-state index is 12.7. The van der Waals surface area contributed by atoms with Crippen LogP contribution in [0.5, 0.6) is 0 Å². The van der Waals surface area contributed by atoms with Gasteiger partial charge >= 0.3 is 0 Å². The number of amides is 2. The van der Waals surface area contributed by atoms with Crippen LogP contribution < -0.4 is 5.43 Å². The van der Waals surface area contributed by atoms with Crippen LogP contribution >= 0.6 is 0 Å². The molecule has 2 amide bonds. The number of hydrogen-bond donors (Lipinski definition) is 1. The minimum Gasteiger partial charge on any atom is -0.348 e. The Kier molecular flexibility index (Phi) is 8.23. The van der Waals surface area contributed by atoms with Crippen LogP contribution in [0.2, 0.25) is 0 Å². The molecule has 1 fully saturated rings. The molecular weight excluding hydrogens is 294 g/mol. The second kappa shape index (κ2) is 9.65. The van der Waals surface area contributed by atoms with Crippen molar-refractivity contribution in [2.45, 2.75) is 58.9 Å². The van der Waals surface area contributed by atoms with Crippen LogP contribution in [-0.4, -0.2) is 54.2 Å². The molecule has 6 heteroatoms. The van der Waals surface area contributed by atoms with Crippen LogP contribution in [0.3, 0.4) is 0 Å². The molecule has 1 N–H and O–H groups in total. The van der Waals surface area contributed by atoms with Gasteiger partial charge < -0.3 is 4.90 Å². The number of Topliss-reactive ketones (excluding diaryl/α,β-unsaturated/α-hetero) is 1. The third kappa shape index (κ3) is 7.12. The molecule has 0 spiro atoms. The van der Waals surface area contributed by atoms with Crippen molar-refractivity contribution < 1.29 is 14.4 Å². The zero-order valence-electron chi connectivity index (χ0n) is 14.9. The Labute approximate surface area is 139 Å². The molecule has 0 heterocycles. The zero-order valence-corrected chi connectivity index (χ0v) is 14.9. The summed E-state index contributed by atoms with van der Waals surface area (Å²) in [5.41, 5.74) is 2.88. The van der Waals surface area contributed by atoms with Gasteiger partial charge in [-0.3, -0.25) is 19.8 Å². The molecule has 0 aliphatic heterocycles. The Morgan fingerprint density at radius 3 is 2.35 bits per heavy atom. The molecule has 0 aromatic carbocycles. The highest BCUT2D eigenvalue weighted by molar-refractivity contribution is 5.80. The van der Waals surface area contributed by atoms with Gasteiger partial charge in [0, 0.05) is 19.6 Å². The maximum Gasteiger partial charge on any atom is 0.239 e. The van der Waals surface area contributed by atoms with Gasteiger partial charge in [0.1, 0.15) is 5.78 Å². The average molecular weight is 325 g/mol. The molecule has 6 nitrogen and oxygen atoms in total. The summed E-state index contributed by atoms with van der Waals surface area (Å²) in [5, 5.41) is 1.67. The smallest absolute Gasteiger partial charge is 0.239 e. The van der Waals surface area contributed by atoms with Crippen LogP contribution in [0.15, 0.2) is 0 Å². The normalized spacial score (nSPS) is 16.6.